The first kappa shape index (κ1) is 12.9. The van der Waals surface area contributed by atoms with E-state index in [2.05, 4.69) is 21.1 Å². The first-order valence-electron chi connectivity index (χ1n) is 6.13. The monoisotopic (exact) mass is 340 g/mol. The van der Waals surface area contributed by atoms with Crippen LogP contribution in [-0.2, 0) is 0 Å². The molecule has 1 unspecified atom stereocenters. The molecule has 1 saturated heterocycles. The van der Waals surface area contributed by atoms with Gasteiger partial charge in [-0.1, -0.05) is 5.16 Å². The second-order valence-corrected chi connectivity index (χ2v) is 6.96. The number of aryl methyl sites for hydroxylation is 1. The van der Waals surface area contributed by atoms with Gasteiger partial charge in [-0.05, 0) is 41.8 Å². The standard InChI is InChI=1S/C13H13BrN2O2S/c1-8-5-11(18-15-8)10-3-2-4-16(10)13(17)9-6-12(14)19-7-9/h5-7,10H,2-4H2,1H3. The summed E-state index contributed by atoms with van der Waals surface area (Å²) in [7, 11) is 0. The number of carbonyl (C=O) groups is 1. The Bertz CT molecular complexity index is 607. The molecule has 0 radical (unpaired) electrons. The zero-order chi connectivity index (χ0) is 13.4. The molecular weight excluding hydrogens is 328 g/mol. The van der Waals surface area contributed by atoms with Crippen LogP contribution in [0.25, 0.3) is 0 Å². The largest absolute Gasteiger partial charge is 0.359 e. The molecule has 6 heteroatoms. The van der Waals surface area contributed by atoms with Crippen molar-refractivity contribution in [1.82, 2.24) is 10.1 Å². The normalized spacial score (nSPS) is 19.1. The first-order chi connectivity index (χ1) is 9.15. The van der Waals surface area contributed by atoms with Gasteiger partial charge in [0.15, 0.2) is 5.76 Å². The number of nitrogens with zero attached hydrogens (tertiary/aromatic N) is 2. The average molecular weight is 341 g/mol. The fraction of sp³-hybridized carbons (Fsp3) is 0.385. The van der Waals surface area contributed by atoms with Gasteiger partial charge in [-0.2, -0.15) is 0 Å². The molecular formula is C13H13BrN2O2S. The van der Waals surface area contributed by atoms with Gasteiger partial charge in [-0.3, -0.25) is 4.79 Å². The highest BCUT2D eigenvalue weighted by Crippen LogP contribution is 2.34. The van der Waals surface area contributed by atoms with E-state index in [-0.39, 0.29) is 11.9 Å². The number of amides is 1. The Balaban J connectivity index is 1.85. The molecule has 0 aromatic carbocycles. The predicted molar refractivity (Wildman–Crippen MR) is 76.3 cm³/mol. The SMILES string of the molecule is Cc1cc(C2CCCN2C(=O)c2csc(Br)c2)on1. The highest BCUT2D eigenvalue weighted by atomic mass is 79.9. The summed E-state index contributed by atoms with van der Waals surface area (Å²) in [6, 6.07) is 3.81. The highest BCUT2D eigenvalue weighted by Gasteiger charge is 2.33. The number of halogens is 1. The summed E-state index contributed by atoms with van der Waals surface area (Å²) < 4.78 is 6.29. The molecule has 0 spiro atoms. The molecule has 4 nitrogen and oxygen atoms in total. The summed E-state index contributed by atoms with van der Waals surface area (Å²) in [5, 5.41) is 5.80. The van der Waals surface area contributed by atoms with E-state index in [0.29, 0.717) is 0 Å². The Hall–Kier alpha value is -1.14. The van der Waals surface area contributed by atoms with E-state index in [1.807, 2.05) is 29.3 Å². The molecule has 1 fully saturated rings. The van der Waals surface area contributed by atoms with Crippen molar-refractivity contribution in [2.24, 2.45) is 0 Å². The summed E-state index contributed by atoms with van der Waals surface area (Å²) in [6.45, 7) is 2.67. The van der Waals surface area contributed by atoms with Gasteiger partial charge in [0.25, 0.3) is 5.91 Å². The Morgan fingerprint density at radius 2 is 2.42 bits per heavy atom. The quantitative estimate of drug-likeness (QED) is 0.835. The lowest BCUT2D eigenvalue weighted by molar-refractivity contribution is 0.0715. The number of thiophene rings is 1. The van der Waals surface area contributed by atoms with Crippen molar-refractivity contribution in [2.75, 3.05) is 6.54 Å². The zero-order valence-electron chi connectivity index (χ0n) is 10.4. The first-order valence-corrected chi connectivity index (χ1v) is 7.80. The Morgan fingerprint density at radius 3 is 3.05 bits per heavy atom. The minimum atomic E-state index is 0.0207. The van der Waals surface area contributed by atoms with Crippen LogP contribution in [0.5, 0.6) is 0 Å². The third-order valence-electron chi connectivity index (χ3n) is 3.30. The Kier molecular flexibility index (Phi) is 3.45. The van der Waals surface area contributed by atoms with Gasteiger partial charge in [-0.25, -0.2) is 0 Å². The summed E-state index contributed by atoms with van der Waals surface area (Å²) in [5.41, 5.74) is 1.59. The number of hydrogen-bond acceptors (Lipinski definition) is 4. The van der Waals surface area contributed by atoms with E-state index in [1.165, 1.54) is 11.3 Å². The smallest absolute Gasteiger partial charge is 0.255 e. The molecule has 0 aliphatic carbocycles. The van der Waals surface area contributed by atoms with E-state index in [1.54, 1.807) is 0 Å². The van der Waals surface area contributed by atoms with Crippen molar-refractivity contribution in [3.63, 3.8) is 0 Å². The minimum Gasteiger partial charge on any atom is -0.359 e. The minimum absolute atomic E-state index is 0.0207. The van der Waals surface area contributed by atoms with Crippen molar-refractivity contribution in [3.8, 4) is 0 Å². The number of carbonyl (C=O) groups excluding carboxylic acids is 1. The van der Waals surface area contributed by atoms with Gasteiger partial charge in [0.1, 0.15) is 0 Å². The maximum Gasteiger partial charge on any atom is 0.255 e. The summed E-state index contributed by atoms with van der Waals surface area (Å²) in [5.74, 6) is 0.858. The fourth-order valence-electron chi connectivity index (χ4n) is 2.43. The van der Waals surface area contributed by atoms with Gasteiger partial charge < -0.3 is 9.42 Å². The second kappa shape index (κ2) is 5.09. The molecule has 0 N–H and O–H groups in total. The van der Waals surface area contributed by atoms with Crippen molar-refractivity contribution >= 4 is 33.2 Å². The zero-order valence-corrected chi connectivity index (χ0v) is 12.8. The summed E-state index contributed by atoms with van der Waals surface area (Å²) >= 11 is 4.92. The molecule has 100 valence electrons. The van der Waals surface area contributed by atoms with Gasteiger partial charge in [-0.15, -0.1) is 11.3 Å². The van der Waals surface area contributed by atoms with Crippen molar-refractivity contribution < 1.29 is 9.32 Å². The van der Waals surface area contributed by atoms with Crippen molar-refractivity contribution in [2.45, 2.75) is 25.8 Å². The fourth-order valence-corrected chi connectivity index (χ4v) is 3.56. The number of rotatable bonds is 2. The van der Waals surface area contributed by atoms with Crippen LogP contribution in [-0.4, -0.2) is 22.5 Å². The molecule has 3 heterocycles. The van der Waals surface area contributed by atoms with E-state index in [0.717, 1.165) is 40.2 Å². The van der Waals surface area contributed by atoms with E-state index in [4.69, 9.17) is 4.52 Å². The number of hydrogen-bond donors (Lipinski definition) is 0. The van der Waals surface area contributed by atoms with Crippen LogP contribution in [0.3, 0.4) is 0 Å². The number of likely N-dealkylation sites (tertiary alicyclic amines) is 1. The van der Waals surface area contributed by atoms with Gasteiger partial charge in [0, 0.05) is 18.0 Å². The van der Waals surface area contributed by atoms with Gasteiger partial charge in [0.05, 0.1) is 21.1 Å². The molecule has 1 atom stereocenters. The molecule has 19 heavy (non-hydrogen) atoms. The summed E-state index contributed by atoms with van der Waals surface area (Å²) in [6.07, 6.45) is 1.94. The van der Waals surface area contributed by atoms with Gasteiger partial charge >= 0.3 is 0 Å². The van der Waals surface area contributed by atoms with Crippen LogP contribution in [0.4, 0.5) is 0 Å². The maximum absolute atomic E-state index is 12.5. The van der Waals surface area contributed by atoms with E-state index in [9.17, 15) is 4.79 Å². The Morgan fingerprint density at radius 1 is 1.58 bits per heavy atom. The Labute approximate surface area is 123 Å². The summed E-state index contributed by atoms with van der Waals surface area (Å²) in [4.78, 5) is 14.4. The third kappa shape index (κ3) is 2.47. The van der Waals surface area contributed by atoms with Crippen molar-refractivity contribution in [1.29, 1.82) is 0 Å². The topological polar surface area (TPSA) is 46.3 Å². The lowest BCUT2D eigenvalue weighted by Gasteiger charge is -2.22. The highest BCUT2D eigenvalue weighted by molar-refractivity contribution is 9.11. The maximum atomic E-state index is 12.5. The molecule has 1 aliphatic rings. The molecule has 2 aromatic rings. The lowest BCUT2D eigenvalue weighted by Crippen LogP contribution is -2.30. The number of aromatic nitrogens is 1. The van der Waals surface area contributed by atoms with Crippen molar-refractivity contribution in [3.05, 3.63) is 38.3 Å². The molecule has 0 saturated carbocycles. The van der Waals surface area contributed by atoms with Crippen LogP contribution in [0.2, 0.25) is 0 Å². The molecule has 1 amide bonds. The second-order valence-electron chi connectivity index (χ2n) is 4.67. The van der Waals surface area contributed by atoms with Gasteiger partial charge in [0.2, 0.25) is 0 Å². The van der Waals surface area contributed by atoms with E-state index < -0.39 is 0 Å². The van der Waals surface area contributed by atoms with E-state index >= 15 is 0 Å². The molecule has 3 rings (SSSR count). The van der Waals surface area contributed by atoms with Crippen LogP contribution in [0, 0.1) is 6.92 Å². The van der Waals surface area contributed by atoms with Crippen LogP contribution in [0.1, 0.15) is 40.7 Å². The van der Waals surface area contributed by atoms with Crippen LogP contribution < -0.4 is 0 Å². The average Bonchev–Trinajstić information content (AvgIpc) is 3.07. The molecule has 2 aromatic heterocycles. The van der Waals surface area contributed by atoms with Crippen LogP contribution in [0.15, 0.2) is 25.8 Å². The third-order valence-corrected chi connectivity index (χ3v) is 4.81. The van der Waals surface area contributed by atoms with Crippen LogP contribution >= 0.6 is 27.3 Å². The molecule has 1 aliphatic heterocycles. The molecule has 0 bridgehead atoms. The lowest BCUT2D eigenvalue weighted by atomic mass is 10.1. The predicted octanol–water partition coefficient (Wildman–Crippen LogP) is 3.78.